The number of nitrogens with one attached hydrogen (secondary N) is 1. The SMILES string of the molecule is CCSC1CCCC1NC(C)c1ccc(S(C)(=O)=O)cc1. The Morgan fingerprint density at radius 3 is 2.52 bits per heavy atom. The molecular formula is C16H25NO2S2. The number of rotatable bonds is 6. The minimum atomic E-state index is -3.11. The van der Waals surface area contributed by atoms with E-state index in [9.17, 15) is 8.42 Å². The van der Waals surface area contributed by atoms with E-state index in [1.807, 2.05) is 23.9 Å². The van der Waals surface area contributed by atoms with Crippen molar-refractivity contribution in [2.45, 2.75) is 55.3 Å². The van der Waals surface area contributed by atoms with Crippen LogP contribution in [-0.4, -0.2) is 31.7 Å². The molecule has 21 heavy (non-hydrogen) atoms. The van der Waals surface area contributed by atoms with Crippen molar-refractivity contribution >= 4 is 21.6 Å². The Labute approximate surface area is 132 Å². The maximum atomic E-state index is 11.5. The predicted octanol–water partition coefficient (Wildman–Crippen LogP) is 3.41. The summed E-state index contributed by atoms with van der Waals surface area (Å²) < 4.78 is 23.0. The molecule has 3 unspecified atom stereocenters. The van der Waals surface area contributed by atoms with E-state index in [4.69, 9.17) is 0 Å². The average molecular weight is 328 g/mol. The summed E-state index contributed by atoms with van der Waals surface area (Å²) in [6, 6.07) is 8.07. The van der Waals surface area contributed by atoms with Crippen molar-refractivity contribution in [2.75, 3.05) is 12.0 Å². The van der Waals surface area contributed by atoms with E-state index in [0.29, 0.717) is 16.2 Å². The van der Waals surface area contributed by atoms with Crippen molar-refractivity contribution in [3.63, 3.8) is 0 Å². The van der Waals surface area contributed by atoms with Crippen LogP contribution in [0.2, 0.25) is 0 Å². The molecule has 0 radical (unpaired) electrons. The van der Waals surface area contributed by atoms with E-state index in [1.165, 1.54) is 31.3 Å². The number of sulfone groups is 1. The highest BCUT2D eigenvalue weighted by molar-refractivity contribution is 7.99. The standard InChI is InChI=1S/C16H25NO2S2/c1-4-20-16-7-5-6-15(16)17-12(2)13-8-10-14(11-9-13)21(3,18)19/h8-12,15-17H,4-7H2,1-3H3. The van der Waals surface area contributed by atoms with Gasteiger partial charge in [0.05, 0.1) is 4.90 Å². The predicted molar refractivity (Wildman–Crippen MR) is 90.7 cm³/mol. The fraction of sp³-hybridized carbons (Fsp3) is 0.625. The lowest BCUT2D eigenvalue weighted by molar-refractivity contribution is 0.467. The van der Waals surface area contributed by atoms with Gasteiger partial charge < -0.3 is 5.32 Å². The molecule has 1 aliphatic carbocycles. The van der Waals surface area contributed by atoms with E-state index in [0.717, 1.165) is 5.56 Å². The van der Waals surface area contributed by atoms with Crippen molar-refractivity contribution in [1.82, 2.24) is 5.32 Å². The molecule has 0 aliphatic heterocycles. The van der Waals surface area contributed by atoms with E-state index in [2.05, 4.69) is 19.2 Å². The molecule has 0 saturated heterocycles. The lowest BCUT2D eigenvalue weighted by Crippen LogP contribution is -2.36. The summed E-state index contributed by atoms with van der Waals surface area (Å²) in [4.78, 5) is 0.388. The van der Waals surface area contributed by atoms with Gasteiger partial charge in [0.15, 0.2) is 9.84 Å². The van der Waals surface area contributed by atoms with Gasteiger partial charge in [-0.25, -0.2) is 8.42 Å². The molecular weight excluding hydrogens is 302 g/mol. The molecule has 0 heterocycles. The zero-order chi connectivity index (χ0) is 15.5. The summed E-state index contributed by atoms with van der Waals surface area (Å²) in [6.45, 7) is 4.37. The van der Waals surface area contributed by atoms with Crippen LogP contribution in [0.15, 0.2) is 29.2 Å². The van der Waals surface area contributed by atoms with Crippen LogP contribution < -0.4 is 5.32 Å². The average Bonchev–Trinajstić information content (AvgIpc) is 2.86. The molecule has 0 bridgehead atoms. The third-order valence-electron chi connectivity index (χ3n) is 4.11. The first-order valence-electron chi connectivity index (χ1n) is 7.59. The number of benzene rings is 1. The summed E-state index contributed by atoms with van der Waals surface area (Å²) in [6.07, 6.45) is 5.09. The van der Waals surface area contributed by atoms with Gasteiger partial charge in [-0.1, -0.05) is 25.5 Å². The van der Waals surface area contributed by atoms with Crippen LogP contribution in [0.5, 0.6) is 0 Å². The zero-order valence-corrected chi connectivity index (χ0v) is 14.6. The van der Waals surface area contributed by atoms with Gasteiger partial charge in [-0.15, -0.1) is 0 Å². The van der Waals surface area contributed by atoms with Crippen LogP contribution in [0.4, 0.5) is 0 Å². The first kappa shape index (κ1) is 16.8. The van der Waals surface area contributed by atoms with E-state index in [-0.39, 0.29) is 6.04 Å². The van der Waals surface area contributed by atoms with E-state index < -0.39 is 9.84 Å². The molecule has 1 saturated carbocycles. The van der Waals surface area contributed by atoms with Crippen LogP contribution in [-0.2, 0) is 9.84 Å². The molecule has 3 nitrogen and oxygen atoms in total. The van der Waals surface area contributed by atoms with Gasteiger partial charge in [-0.05, 0) is 43.2 Å². The molecule has 2 rings (SSSR count). The quantitative estimate of drug-likeness (QED) is 0.870. The second kappa shape index (κ2) is 7.16. The fourth-order valence-corrected chi connectivity index (χ4v) is 4.79. The Hall–Kier alpha value is -0.520. The maximum Gasteiger partial charge on any atom is 0.175 e. The number of thioether (sulfide) groups is 1. The van der Waals surface area contributed by atoms with Gasteiger partial charge >= 0.3 is 0 Å². The molecule has 1 fully saturated rings. The third kappa shape index (κ3) is 4.47. The molecule has 1 N–H and O–H groups in total. The van der Waals surface area contributed by atoms with Crippen LogP contribution in [0.25, 0.3) is 0 Å². The molecule has 1 aromatic carbocycles. The highest BCUT2D eigenvalue weighted by atomic mass is 32.2. The maximum absolute atomic E-state index is 11.5. The summed E-state index contributed by atoms with van der Waals surface area (Å²) in [7, 11) is -3.11. The second-order valence-electron chi connectivity index (χ2n) is 5.76. The molecule has 1 aromatic rings. The minimum absolute atomic E-state index is 0.252. The zero-order valence-electron chi connectivity index (χ0n) is 13.0. The summed E-state index contributed by atoms with van der Waals surface area (Å²) in [5, 5.41) is 4.43. The fourth-order valence-electron chi connectivity index (χ4n) is 2.95. The van der Waals surface area contributed by atoms with Crippen molar-refractivity contribution in [2.24, 2.45) is 0 Å². The van der Waals surface area contributed by atoms with Gasteiger partial charge in [-0.2, -0.15) is 11.8 Å². The summed E-state index contributed by atoms with van der Waals surface area (Å²) in [5.74, 6) is 1.17. The lowest BCUT2D eigenvalue weighted by Gasteiger charge is -2.25. The van der Waals surface area contributed by atoms with Crippen molar-refractivity contribution in [3.05, 3.63) is 29.8 Å². The molecule has 0 aromatic heterocycles. The minimum Gasteiger partial charge on any atom is -0.306 e. The molecule has 118 valence electrons. The highest BCUT2D eigenvalue weighted by Gasteiger charge is 2.28. The molecule has 0 amide bonds. The second-order valence-corrected chi connectivity index (χ2v) is 9.29. The van der Waals surface area contributed by atoms with Gasteiger partial charge in [0, 0.05) is 23.6 Å². The topological polar surface area (TPSA) is 46.2 Å². The Morgan fingerprint density at radius 1 is 1.29 bits per heavy atom. The third-order valence-corrected chi connectivity index (χ3v) is 6.56. The van der Waals surface area contributed by atoms with Gasteiger partial charge in [0.1, 0.15) is 0 Å². The molecule has 1 aliphatic rings. The van der Waals surface area contributed by atoms with Crippen LogP contribution in [0.3, 0.4) is 0 Å². The lowest BCUT2D eigenvalue weighted by atomic mass is 10.1. The van der Waals surface area contributed by atoms with E-state index in [1.54, 1.807) is 12.1 Å². The first-order chi connectivity index (χ1) is 9.91. The van der Waals surface area contributed by atoms with Gasteiger partial charge in [0.25, 0.3) is 0 Å². The Bertz CT molecular complexity index is 554. The molecule has 3 atom stereocenters. The molecule has 0 spiro atoms. The van der Waals surface area contributed by atoms with Crippen LogP contribution in [0, 0.1) is 0 Å². The Morgan fingerprint density at radius 2 is 1.95 bits per heavy atom. The largest absolute Gasteiger partial charge is 0.306 e. The van der Waals surface area contributed by atoms with Crippen LogP contribution in [0.1, 0.15) is 44.7 Å². The monoisotopic (exact) mass is 327 g/mol. The van der Waals surface area contributed by atoms with Crippen molar-refractivity contribution < 1.29 is 8.42 Å². The first-order valence-corrected chi connectivity index (χ1v) is 10.5. The van der Waals surface area contributed by atoms with Gasteiger partial charge in [-0.3, -0.25) is 0 Å². The highest BCUT2D eigenvalue weighted by Crippen LogP contribution is 2.31. The Balaban J connectivity index is 2.01. The number of hydrogen-bond donors (Lipinski definition) is 1. The number of hydrogen-bond acceptors (Lipinski definition) is 4. The smallest absolute Gasteiger partial charge is 0.175 e. The van der Waals surface area contributed by atoms with Crippen molar-refractivity contribution in [1.29, 1.82) is 0 Å². The summed E-state index contributed by atoms with van der Waals surface area (Å²) >= 11 is 2.05. The van der Waals surface area contributed by atoms with Crippen molar-refractivity contribution in [3.8, 4) is 0 Å². The van der Waals surface area contributed by atoms with Crippen LogP contribution >= 0.6 is 11.8 Å². The van der Waals surface area contributed by atoms with Gasteiger partial charge in [0.2, 0.25) is 0 Å². The molecule has 5 heteroatoms. The van der Waals surface area contributed by atoms with E-state index >= 15 is 0 Å². The normalized spacial score (nSPS) is 24.1. The Kier molecular flexibility index (Phi) is 5.74. The summed E-state index contributed by atoms with van der Waals surface area (Å²) in [5.41, 5.74) is 1.15.